The normalized spacial score (nSPS) is 11.6. The molecule has 1 aromatic rings. The van der Waals surface area contributed by atoms with Gasteiger partial charge < -0.3 is 10.5 Å². The van der Waals surface area contributed by atoms with Gasteiger partial charge in [0.05, 0.1) is 6.61 Å². The third-order valence-corrected chi connectivity index (χ3v) is 2.12. The Morgan fingerprint density at radius 2 is 2.06 bits per heavy atom. The molecule has 1 rings (SSSR count). The van der Waals surface area contributed by atoms with E-state index in [0.717, 1.165) is 0 Å². The number of hydrogen-bond acceptors (Lipinski definition) is 5. The van der Waals surface area contributed by atoms with E-state index in [-0.39, 0.29) is 21.9 Å². The summed E-state index contributed by atoms with van der Waals surface area (Å²) >= 11 is 11.4. The number of anilines is 1. The predicted octanol–water partition coefficient (Wildman–Crippen LogP) is 2.84. The van der Waals surface area contributed by atoms with Crippen molar-refractivity contribution >= 4 is 40.6 Å². The Balaban J connectivity index is 3.12. The van der Waals surface area contributed by atoms with Gasteiger partial charge in [-0.05, 0) is 18.5 Å². The van der Waals surface area contributed by atoms with Gasteiger partial charge in [0.1, 0.15) is 5.69 Å². The predicted molar refractivity (Wildman–Crippen MR) is 65.5 cm³/mol. The lowest BCUT2D eigenvalue weighted by Crippen LogP contribution is -2.03. The minimum Gasteiger partial charge on any atom is -0.481 e. The van der Waals surface area contributed by atoms with Gasteiger partial charge in [-0.15, -0.1) is 0 Å². The maximum atomic E-state index is 5.86. The number of aliphatic imine (C=N–C) groups is 1. The molecule has 0 amide bonds. The van der Waals surface area contributed by atoms with Gasteiger partial charge in [-0.1, -0.05) is 18.5 Å². The van der Waals surface area contributed by atoms with E-state index in [0.29, 0.717) is 18.9 Å². The van der Waals surface area contributed by atoms with Crippen molar-refractivity contribution in [2.75, 3.05) is 12.3 Å². The topological polar surface area (TPSA) is 73.4 Å². The van der Waals surface area contributed by atoms with E-state index in [1.54, 1.807) is 0 Å². The first-order valence-corrected chi connectivity index (χ1v) is 5.52. The number of rotatable bonds is 3. The summed E-state index contributed by atoms with van der Waals surface area (Å²) in [6.45, 7) is 4.31. The molecule has 0 saturated carbocycles. The highest BCUT2D eigenvalue weighted by Crippen LogP contribution is 2.29. The SMILES string of the molecule is CCO/C(CC)=N\c1c(N)nc(Cl)nc1Cl. The Morgan fingerprint density at radius 3 is 2.56 bits per heavy atom. The lowest BCUT2D eigenvalue weighted by Gasteiger charge is -2.06. The molecule has 0 aromatic carbocycles. The molecule has 0 unspecified atom stereocenters. The van der Waals surface area contributed by atoms with Crippen LogP contribution in [0.3, 0.4) is 0 Å². The fraction of sp³-hybridized carbons (Fsp3) is 0.444. The monoisotopic (exact) mass is 262 g/mol. The summed E-state index contributed by atoms with van der Waals surface area (Å²) in [5.74, 6) is 0.665. The Morgan fingerprint density at radius 1 is 1.38 bits per heavy atom. The average Bonchev–Trinajstić information content (AvgIpc) is 2.21. The number of aromatic nitrogens is 2. The molecule has 0 aliphatic heterocycles. The first kappa shape index (κ1) is 13.0. The third-order valence-electron chi connectivity index (χ3n) is 1.69. The molecule has 0 bridgehead atoms. The van der Waals surface area contributed by atoms with Gasteiger partial charge in [0.25, 0.3) is 0 Å². The molecule has 1 aromatic heterocycles. The highest BCUT2D eigenvalue weighted by molar-refractivity contribution is 6.34. The highest BCUT2D eigenvalue weighted by Gasteiger charge is 2.10. The standard InChI is InChI=1S/C9H12Cl2N4O/c1-3-5(16-4-2)13-6-7(10)14-9(11)15-8(6)12/h3-4H2,1-2H3,(H2,12,14,15)/b13-5-. The largest absolute Gasteiger partial charge is 0.481 e. The van der Waals surface area contributed by atoms with Crippen molar-refractivity contribution in [3.8, 4) is 0 Å². The van der Waals surface area contributed by atoms with E-state index in [1.807, 2.05) is 13.8 Å². The Labute approximate surface area is 104 Å². The maximum Gasteiger partial charge on any atom is 0.225 e. The van der Waals surface area contributed by atoms with Gasteiger partial charge in [0.2, 0.25) is 5.28 Å². The zero-order chi connectivity index (χ0) is 12.1. The molecule has 1 heterocycles. The van der Waals surface area contributed by atoms with Crippen LogP contribution in [0.4, 0.5) is 11.5 Å². The molecule has 0 spiro atoms. The van der Waals surface area contributed by atoms with Crippen molar-refractivity contribution in [1.82, 2.24) is 9.97 Å². The number of nitrogen functional groups attached to an aromatic ring is 1. The van der Waals surface area contributed by atoms with Crippen LogP contribution in [-0.2, 0) is 4.74 Å². The molecule has 0 atom stereocenters. The number of halogens is 2. The molecule has 88 valence electrons. The summed E-state index contributed by atoms with van der Waals surface area (Å²) in [4.78, 5) is 11.7. The van der Waals surface area contributed by atoms with E-state index in [9.17, 15) is 0 Å². The Bertz CT molecular complexity index is 385. The first-order valence-electron chi connectivity index (χ1n) is 4.77. The molecular formula is C9H12Cl2N4O. The quantitative estimate of drug-likeness (QED) is 0.394. The molecular weight excluding hydrogens is 251 g/mol. The van der Waals surface area contributed by atoms with Crippen LogP contribution in [0.25, 0.3) is 0 Å². The van der Waals surface area contributed by atoms with Crippen molar-refractivity contribution in [3.63, 3.8) is 0 Å². The minimum absolute atomic E-state index is 0.00379. The van der Waals surface area contributed by atoms with Crippen molar-refractivity contribution in [2.45, 2.75) is 20.3 Å². The molecule has 16 heavy (non-hydrogen) atoms. The van der Waals surface area contributed by atoms with Gasteiger partial charge >= 0.3 is 0 Å². The van der Waals surface area contributed by atoms with Crippen LogP contribution in [0.15, 0.2) is 4.99 Å². The number of nitrogens with two attached hydrogens (primary N) is 1. The van der Waals surface area contributed by atoms with Gasteiger partial charge in [0.15, 0.2) is 16.9 Å². The average molecular weight is 263 g/mol. The summed E-state index contributed by atoms with van der Waals surface area (Å²) in [6, 6.07) is 0. The molecule has 2 N–H and O–H groups in total. The molecule has 7 heteroatoms. The van der Waals surface area contributed by atoms with Gasteiger partial charge in [-0.25, -0.2) is 9.98 Å². The Hall–Kier alpha value is -1.07. The second-order valence-electron chi connectivity index (χ2n) is 2.81. The van der Waals surface area contributed by atoms with Crippen molar-refractivity contribution < 1.29 is 4.74 Å². The fourth-order valence-corrected chi connectivity index (χ4v) is 1.46. The maximum absolute atomic E-state index is 5.86. The van der Waals surface area contributed by atoms with E-state index < -0.39 is 0 Å². The van der Waals surface area contributed by atoms with Crippen molar-refractivity contribution in [2.24, 2.45) is 4.99 Å². The van der Waals surface area contributed by atoms with Crippen LogP contribution in [0.5, 0.6) is 0 Å². The molecule has 0 fully saturated rings. The van der Waals surface area contributed by atoms with E-state index in [1.165, 1.54) is 0 Å². The number of hydrogen-bond donors (Lipinski definition) is 1. The molecule has 5 nitrogen and oxygen atoms in total. The van der Waals surface area contributed by atoms with Gasteiger partial charge in [-0.2, -0.15) is 4.98 Å². The summed E-state index contributed by atoms with van der Waals surface area (Å²) in [7, 11) is 0. The van der Waals surface area contributed by atoms with E-state index in [2.05, 4.69) is 15.0 Å². The lowest BCUT2D eigenvalue weighted by molar-refractivity contribution is 0.319. The van der Waals surface area contributed by atoms with Crippen LogP contribution < -0.4 is 5.73 Å². The third kappa shape index (κ3) is 3.21. The highest BCUT2D eigenvalue weighted by atomic mass is 35.5. The number of nitrogens with zero attached hydrogens (tertiary/aromatic N) is 3. The zero-order valence-corrected chi connectivity index (χ0v) is 10.5. The van der Waals surface area contributed by atoms with Crippen LogP contribution >= 0.6 is 23.2 Å². The van der Waals surface area contributed by atoms with E-state index >= 15 is 0 Å². The first-order chi connectivity index (χ1) is 7.58. The van der Waals surface area contributed by atoms with Crippen molar-refractivity contribution in [3.05, 3.63) is 10.4 Å². The van der Waals surface area contributed by atoms with Crippen LogP contribution in [0, 0.1) is 0 Å². The molecule has 0 saturated heterocycles. The van der Waals surface area contributed by atoms with Gasteiger partial charge in [-0.3, -0.25) is 0 Å². The van der Waals surface area contributed by atoms with Crippen LogP contribution in [0.1, 0.15) is 20.3 Å². The van der Waals surface area contributed by atoms with Crippen molar-refractivity contribution in [1.29, 1.82) is 0 Å². The zero-order valence-electron chi connectivity index (χ0n) is 9.00. The summed E-state index contributed by atoms with van der Waals surface area (Å²) in [5, 5.41) is 0.110. The van der Waals surface area contributed by atoms with Crippen LogP contribution in [0.2, 0.25) is 10.4 Å². The minimum atomic E-state index is -0.00379. The van der Waals surface area contributed by atoms with Crippen LogP contribution in [-0.4, -0.2) is 22.5 Å². The Kier molecular flexibility index (Phi) is 4.76. The second kappa shape index (κ2) is 5.86. The van der Waals surface area contributed by atoms with E-state index in [4.69, 9.17) is 33.7 Å². The lowest BCUT2D eigenvalue weighted by atomic mass is 10.4. The second-order valence-corrected chi connectivity index (χ2v) is 3.51. The van der Waals surface area contributed by atoms with Gasteiger partial charge in [0, 0.05) is 6.42 Å². The number of ether oxygens (including phenoxy) is 1. The molecule has 0 aliphatic rings. The summed E-state index contributed by atoms with van der Waals surface area (Å²) in [6.07, 6.45) is 0.631. The fourth-order valence-electron chi connectivity index (χ4n) is 1.03. The smallest absolute Gasteiger partial charge is 0.225 e. The summed E-state index contributed by atoms with van der Waals surface area (Å²) in [5.41, 5.74) is 5.93. The molecule has 0 radical (unpaired) electrons. The summed E-state index contributed by atoms with van der Waals surface area (Å²) < 4.78 is 5.28. The molecule has 0 aliphatic carbocycles.